The van der Waals surface area contributed by atoms with Crippen LogP contribution in [-0.2, 0) is 0 Å². The molecular weight excluding hydrogens is 504 g/mol. The summed E-state index contributed by atoms with van der Waals surface area (Å²) in [5, 5.41) is 0. The van der Waals surface area contributed by atoms with E-state index < -0.39 is 0 Å². The summed E-state index contributed by atoms with van der Waals surface area (Å²) in [4.78, 5) is 0. The molecule has 0 saturated heterocycles. The highest BCUT2D eigenvalue weighted by Gasteiger charge is 2.23. The number of rotatable bonds is 8. The van der Waals surface area contributed by atoms with Gasteiger partial charge >= 0.3 is 0 Å². The van der Waals surface area contributed by atoms with Crippen LogP contribution in [0.15, 0.2) is 109 Å². The first-order valence-electron chi connectivity index (χ1n) is 15.7. The maximum absolute atomic E-state index is 2.52. The Morgan fingerprint density at radius 1 is 0.262 bits per heavy atom. The van der Waals surface area contributed by atoms with Crippen molar-refractivity contribution in [2.75, 3.05) is 0 Å². The van der Waals surface area contributed by atoms with Crippen molar-refractivity contribution < 1.29 is 0 Å². The smallest absolute Gasteiger partial charge is 0.00958 e. The lowest BCUT2D eigenvalue weighted by molar-refractivity contribution is 0.866. The SMILES string of the molecule is CC(C)c1ccccc1-c1cc(-c2ccccc2C(C)C)c(-c2ccccc2C(C)C)cc1-c1ccccc1C(C)C. The van der Waals surface area contributed by atoms with E-state index in [1.54, 1.807) is 0 Å². The predicted molar refractivity (Wildman–Crippen MR) is 185 cm³/mol. The molecule has 214 valence electrons. The number of hydrogen-bond acceptors (Lipinski definition) is 0. The Hall–Kier alpha value is -3.90. The van der Waals surface area contributed by atoms with Crippen molar-refractivity contribution in [2.24, 2.45) is 0 Å². The van der Waals surface area contributed by atoms with Crippen LogP contribution in [0.1, 0.15) is 101 Å². The highest BCUT2D eigenvalue weighted by molar-refractivity contribution is 5.97. The van der Waals surface area contributed by atoms with Crippen LogP contribution >= 0.6 is 0 Å². The van der Waals surface area contributed by atoms with Crippen LogP contribution in [0.4, 0.5) is 0 Å². The molecule has 0 aliphatic rings. The molecule has 0 saturated carbocycles. The molecule has 0 heterocycles. The summed E-state index contributed by atoms with van der Waals surface area (Å²) >= 11 is 0. The van der Waals surface area contributed by atoms with E-state index in [4.69, 9.17) is 0 Å². The average Bonchev–Trinajstić information content (AvgIpc) is 3.00. The Morgan fingerprint density at radius 2 is 0.452 bits per heavy atom. The monoisotopic (exact) mass is 550 g/mol. The Morgan fingerprint density at radius 3 is 0.643 bits per heavy atom. The van der Waals surface area contributed by atoms with Gasteiger partial charge in [-0.1, -0.05) is 152 Å². The molecule has 0 bridgehead atoms. The van der Waals surface area contributed by atoms with Gasteiger partial charge in [0.25, 0.3) is 0 Å². The third kappa shape index (κ3) is 5.73. The molecule has 0 N–H and O–H groups in total. The molecule has 0 atom stereocenters. The maximum Gasteiger partial charge on any atom is -0.00958 e. The summed E-state index contributed by atoms with van der Waals surface area (Å²) in [5.74, 6) is 1.67. The second kappa shape index (κ2) is 12.5. The van der Waals surface area contributed by atoms with Gasteiger partial charge in [0.1, 0.15) is 0 Å². The first-order valence-corrected chi connectivity index (χ1v) is 15.7. The van der Waals surface area contributed by atoms with Crippen LogP contribution in [-0.4, -0.2) is 0 Å². The van der Waals surface area contributed by atoms with Crippen molar-refractivity contribution >= 4 is 0 Å². The van der Waals surface area contributed by atoms with Crippen LogP contribution < -0.4 is 0 Å². The molecule has 42 heavy (non-hydrogen) atoms. The average molecular weight is 551 g/mol. The maximum atomic E-state index is 2.52. The summed E-state index contributed by atoms with van der Waals surface area (Å²) in [6.45, 7) is 18.5. The van der Waals surface area contributed by atoms with E-state index >= 15 is 0 Å². The molecule has 0 spiro atoms. The second-order valence-corrected chi connectivity index (χ2v) is 12.9. The molecule has 0 aliphatic heterocycles. The first-order chi connectivity index (χ1) is 20.2. The van der Waals surface area contributed by atoms with Gasteiger partial charge in [-0.05, 0) is 103 Å². The summed E-state index contributed by atoms with van der Waals surface area (Å²) in [6.07, 6.45) is 0. The van der Waals surface area contributed by atoms with Gasteiger partial charge in [-0.2, -0.15) is 0 Å². The van der Waals surface area contributed by atoms with Crippen molar-refractivity contribution in [3.8, 4) is 44.5 Å². The second-order valence-electron chi connectivity index (χ2n) is 12.9. The van der Waals surface area contributed by atoms with E-state index in [2.05, 4.69) is 165 Å². The molecule has 0 aromatic heterocycles. The quantitative estimate of drug-likeness (QED) is 0.180. The van der Waals surface area contributed by atoms with Crippen LogP contribution in [0.2, 0.25) is 0 Å². The summed E-state index contributed by atoms with van der Waals surface area (Å²) in [7, 11) is 0. The van der Waals surface area contributed by atoms with Gasteiger partial charge in [0.15, 0.2) is 0 Å². The van der Waals surface area contributed by atoms with Crippen molar-refractivity contribution in [3.63, 3.8) is 0 Å². The lowest BCUT2D eigenvalue weighted by atomic mass is 9.79. The zero-order valence-corrected chi connectivity index (χ0v) is 26.7. The lowest BCUT2D eigenvalue weighted by Gasteiger charge is -2.25. The van der Waals surface area contributed by atoms with Crippen LogP contribution in [0, 0.1) is 0 Å². The molecule has 0 nitrogen and oxygen atoms in total. The third-order valence-corrected chi connectivity index (χ3v) is 8.65. The van der Waals surface area contributed by atoms with Crippen LogP contribution in [0.25, 0.3) is 44.5 Å². The lowest BCUT2D eigenvalue weighted by Crippen LogP contribution is -2.01. The van der Waals surface area contributed by atoms with Gasteiger partial charge in [0.05, 0.1) is 0 Å². The minimum atomic E-state index is 0.419. The van der Waals surface area contributed by atoms with Crippen molar-refractivity contribution in [1.29, 1.82) is 0 Å². The Balaban J connectivity index is 1.99. The topological polar surface area (TPSA) is 0 Å². The van der Waals surface area contributed by atoms with Crippen molar-refractivity contribution in [1.82, 2.24) is 0 Å². The third-order valence-electron chi connectivity index (χ3n) is 8.65. The first kappa shape index (κ1) is 29.6. The minimum Gasteiger partial charge on any atom is -0.0619 e. The zero-order chi connectivity index (χ0) is 30.0. The van der Waals surface area contributed by atoms with Gasteiger partial charge in [-0.3, -0.25) is 0 Å². The standard InChI is InChI=1S/C42H46/c1-27(2)31-17-9-13-21-35(31)39-25-41(37-23-15-11-19-33(37)29(5)6)42(38-24-16-12-20-34(38)30(7)8)26-40(39)36-22-14-10-18-32(36)28(3)4/h9-30H,1-8H3. The van der Waals surface area contributed by atoms with E-state index in [0.717, 1.165) is 0 Å². The van der Waals surface area contributed by atoms with Gasteiger partial charge in [0, 0.05) is 0 Å². The molecule has 0 heteroatoms. The number of hydrogen-bond donors (Lipinski definition) is 0. The molecule has 5 rings (SSSR count). The summed E-state index contributed by atoms with van der Waals surface area (Å²) < 4.78 is 0. The Kier molecular flexibility index (Phi) is 8.83. The molecular formula is C42H46. The highest BCUT2D eigenvalue weighted by atomic mass is 14.3. The Bertz CT molecular complexity index is 1430. The molecule has 0 fully saturated rings. The fourth-order valence-corrected chi connectivity index (χ4v) is 6.47. The fraction of sp³-hybridized carbons (Fsp3) is 0.286. The van der Waals surface area contributed by atoms with E-state index in [0.29, 0.717) is 23.7 Å². The van der Waals surface area contributed by atoms with Gasteiger partial charge in [-0.15, -0.1) is 0 Å². The molecule has 0 unspecified atom stereocenters. The number of benzene rings is 5. The minimum absolute atomic E-state index is 0.419. The van der Waals surface area contributed by atoms with E-state index in [1.807, 2.05) is 0 Å². The van der Waals surface area contributed by atoms with Crippen LogP contribution in [0.3, 0.4) is 0 Å². The molecule has 0 aliphatic carbocycles. The highest BCUT2D eigenvalue weighted by Crippen LogP contribution is 2.47. The fourth-order valence-electron chi connectivity index (χ4n) is 6.47. The normalized spacial score (nSPS) is 11.7. The molecule has 0 radical (unpaired) electrons. The molecule has 0 amide bonds. The summed E-state index contributed by atoms with van der Waals surface area (Å²) in [5.41, 5.74) is 16.1. The zero-order valence-electron chi connectivity index (χ0n) is 26.7. The molecule has 5 aromatic rings. The van der Waals surface area contributed by atoms with Gasteiger partial charge < -0.3 is 0 Å². The van der Waals surface area contributed by atoms with E-state index in [-0.39, 0.29) is 0 Å². The predicted octanol–water partition coefficient (Wildman–Crippen LogP) is 12.8. The van der Waals surface area contributed by atoms with E-state index in [9.17, 15) is 0 Å². The van der Waals surface area contributed by atoms with Crippen LogP contribution in [0.5, 0.6) is 0 Å². The van der Waals surface area contributed by atoms with E-state index in [1.165, 1.54) is 66.8 Å². The van der Waals surface area contributed by atoms with Crippen molar-refractivity contribution in [3.05, 3.63) is 131 Å². The Labute approximate surface area is 254 Å². The largest absolute Gasteiger partial charge is 0.0619 e. The van der Waals surface area contributed by atoms with Gasteiger partial charge in [-0.25, -0.2) is 0 Å². The summed E-state index contributed by atoms with van der Waals surface area (Å²) in [6, 6.07) is 41.1. The van der Waals surface area contributed by atoms with Crippen molar-refractivity contribution in [2.45, 2.75) is 79.1 Å². The molecule has 5 aromatic carbocycles. The van der Waals surface area contributed by atoms with Gasteiger partial charge in [0.2, 0.25) is 0 Å².